The summed E-state index contributed by atoms with van der Waals surface area (Å²) in [7, 11) is 0. The van der Waals surface area contributed by atoms with Gasteiger partial charge >= 0.3 is 0 Å². The zero-order valence-electron chi connectivity index (χ0n) is 8.02. The van der Waals surface area contributed by atoms with Crippen molar-refractivity contribution in [3.8, 4) is 23.0 Å². The molecule has 0 spiro atoms. The summed E-state index contributed by atoms with van der Waals surface area (Å²) >= 11 is 0. The van der Waals surface area contributed by atoms with Crippen LogP contribution < -0.4 is 31.6 Å². The summed E-state index contributed by atoms with van der Waals surface area (Å²) in [6.07, 6.45) is -1.63. The molecular formula is C8H10N4O4. The molecule has 0 fully saturated rings. The number of hydrogen-bond donors (Lipinski definition) is 6. The van der Waals surface area contributed by atoms with Crippen LogP contribution in [0.3, 0.4) is 0 Å². The maximum Gasteiger partial charge on any atom is 0.225 e. The van der Waals surface area contributed by atoms with Crippen LogP contribution in [-0.2, 0) is 0 Å². The number of rotatable bonds is 0. The molecule has 2 aliphatic heterocycles. The second-order valence-electron chi connectivity index (χ2n) is 3.47. The Balaban J connectivity index is 2.22. The fraction of sp³-hybridized carbons (Fsp3) is 0.250. The van der Waals surface area contributed by atoms with Crippen LogP contribution in [0.1, 0.15) is 0 Å². The molecule has 8 nitrogen and oxygen atoms in total. The summed E-state index contributed by atoms with van der Waals surface area (Å²) in [5.41, 5.74) is 11.3. The summed E-state index contributed by atoms with van der Waals surface area (Å²) in [5, 5.41) is 25.0. The molecule has 1 aromatic rings. The van der Waals surface area contributed by atoms with E-state index in [-0.39, 0.29) is 34.4 Å². The Kier molecular flexibility index (Phi) is 1.57. The highest BCUT2D eigenvalue weighted by atomic mass is 16.5. The van der Waals surface area contributed by atoms with E-state index in [1.165, 1.54) is 0 Å². The zero-order chi connectivity index (χ0) is 11.4. The highest BCUT2D eigenvalue weighted by molar-refractivity contribution is 5.88. The molecule has 0 radical (unpaired) electrons. The van der Waals surface area contributed by atoms with E-state index in [1.807, 2.05) is 0 Å². The molecule has 0 amide bonds. The minimum absolute atomic E-state index is 0.0777. The molecule has 0 saturated heterocycles. The van der Waals surface area contributed by atoms with Gasteiger partial charge < -0.3 is 30.3 Å². The number of hydrogen-bond acceptors (Lipinski definition) is 8. The number of anilines is 2. The lowest BCUT2D eigenvalue weighted by molar-refractivity contribution is 0.250. The highest BCUT2D eigenvalue weighted by Gasteiger charge is 2.36. The molecule has 0 bridgehead atoms. The molecule has 0 saturated carbocycles. The molecule has 8 N–H and O–H groups in total. The fourth-order valence-corrected chi connectivity index (χ4v) is 1.77. The Morgan fingerprint density at radius 2 is 1.25 bits per heavy atom. The third kappa shape index (κ3) is 0.993. The van der Waals surface area contributed by atoms with Gasteiger partial charge in [0.15, 0.2) is 23.0 Å². The maximum atomic E-state index is 9.86. The van der Waals surface area contributed by atoms with E-state index in [2.05, 4.69) is 10.6 Å². The van der Waals surface area contributed by atoms with Crippen molar-refractivity contribution in [3.05, 3.63) is 0 Å². The van der Waals surface area contributed by atoms with Gasteiger partial charge in [-0.05, 0) is 0 Å². The first-order valence-electron chi connectivity index (χ1n) is 4.57. The van der Waals surface area contributed by atoms with E-state index in [9.17, 15) is 10.2 Å². The standard InChI is InChI=1S/C8H10N4O4/c9-7-11-1-3(13)6-2(12-8(10)16-6)4(14)5(1)15-7/h7-8,11-14H,9-10H2. The Labute approximate surface area is 89.7 Å². The monoisotopic (exact) mass is 226 g/mol. The molecule has 86 valence electrons. The third-order valence-electron chi connectivity index (χ3n) is 2.42. The lowest BCUT2D eigenvalue weighted by Gasteiger charge is -2.07. The van der Waals surface area contributed by atoms with E-state index in [0.717, 1.165) is 0 Å². The lowest BCUT2D eigenvalue weighted by atomic mass is 10.2. The number of nitrogens with one attached hydrogen (secondary N) is 2. The van der Waals surface area contributed by atoms with Gasteiger partial charge in [-0.1, -0.05) is 0 Å². The van der Waals surface area contributed by atoms with E-state index in [1.54, 1.807) is 0 Å². The lowest BCUT2D eigenvalue weighted by Crippen LogP contribution is -2.31. The smallest absolute Gasteiger partial charge is 0.225 e. The molecule has 2 heterocycles. The zero-order valence-corrected chi connectivity index (χ0v) is 8.02. The number of nitrogens with two attached hydrogens (primary N) is 2. The van der Waals surface area contributed by atoms with Gasteiger partial charge in [-0.25, -0.2) is 0 Å². The first-order chi connectivity index (χ1) is 7.58. The van der Waals surface area contributed by atoms with Gasteiger partial charge in [0.05, 0.1) is 0 Å². The summed E-state index contributed by atoms with van der Waals surface area (Å²) in [5.74, 6) is -0.240. The Morgan fingerprint density at radius 1 is 0.875 bits per heavy atom. The summed E-state index contributed by atoms with van der Waals surface area (Å²) in [6, 6.07) is 0. The van der Waals surface area contributed by atoms with Crippen molar-refractivity contribution in [1.29, 1.82) is 0 Å². The van der Waals surface area contributed by atoms with Crippen molar-refractivity contribution in [2.75, 3.05) is 10.6 Å². The Morgan fingerprint density at radius 3 is 1.62 bits per heavy atom. The molecule has 8 heteroatoms. The Hall–Kier alpha value is -2.06. The molecule has 3 rings (SSSR count). The number of ether oxygens (including phenoxy) is 2. The minimum Gasteiger partial charge on any atom is -0.503 e. The van der Waals surface area contributed by atoms with Crippen molar-refractivity contribution in [2.24, 2.45) is 11.5 Å². The topological polar surface area (TPSA) is 135 Å². The molecule has 1 aromatic carbocycles. The number of phenols is 2. The van der Waals surface area contributed by atoms with E-state index in [0.29, 0.717) is 0 Å². The van der Waals surface area contributed by atoms with Gasteiger partial charge in [0, 0.05) is 0 Å². The first-order valence-corrected chi connectivity index (χ1v) is 4.57. The van der Waals surface area contributed by atoms with Gasteiger partial charge in [0.2, 0.25) is 12.7 Å². The van der Waals surface area contributed by atoms with Crippen LogP contribution in [0.2, 0.25) is 0 Å². The number of phenolic OH excluding ortho intramolecular Hbond substituents is 2. The molecule has 0 aliphatic carbocycles. The normalized spacial score (nSPS) is 24.9. The third-order valence-corrected chi connectivity index (χ3v) is 2.42. The molecular weight excluding hydrogens is 216 g/mol. The number of benzene rings is 1. The van der Waals surface area contributed by atoms with Crippen molar-refractivity contribution < 1.29 is 19.7 Å². The predicted molar refractivity (Wildman–Crippen MR) is 54.2 cm³/mol. The average Bonchev–Trinajstić information content (AvgIpc) is 2.78. The van der Waals surface area contributed by atoms with Crippen molar-refractivity contribution >= 4 is 11.4 Å². The molecule has 2 unspecified atom stereocenters. The highest BCUT2D eigenvalue weighted by Crippen LogP contribution is 2.57. The average molecular weight is 226 g/mol. The van der Waals surface area contributed by atoms with Crippen LogP contribution in [0, 0.1) is 0 Å². The number of aromatic hydroxyl groups is 2. The quantitative estimate of drug-likeness (QED) is 0.250. The van der Waals surface area contributed by atoms with E-state index < -0.39 is 12.7 Å². The Bertz CT molecular complexity index is 398. The van der Waals surface area contributed by atoms with E-state index >= 15 is 0 Å². The van der Waals surface area contributed by atoms with E-state index in [4.69, 9.17) is 20.9 Å². The fourth-order valence-electron chi connectivity index (χ4n) is 1.77. The molecule has 2 aliphatic rings. The molecule has 0 aromatic heterocycles. The summed E-state index contributed by atoms with van der Waals surface area (Å²) in [6.45, 7) is 0. The second kappa shape index (κ2) is 2.74. The number of fused-ring (bicyclic) bond motifs is 2. The van der Waals surface area contributed by atoms with Crippen molar-refractivity contribution in [3.63, 3.8) is 0 Å². The van der Waals surface area contributed by atoms with Crippen molar-refractivity contribution in [1.82, 2.24) is 0 Å². The van der Waals surface area contributed by atoms with Crippen LogP contribution in [0.25, 0.3) is 0 Å². The summed E-state index contributed by atoms with van der Waals surface area (Å²) < 4.78 is 10.2. The van der Waals surface area contributed by atoms with Gasteiger partial charge in [0.1, 0.15) is 11.4 Å². The largest absolute Gasteiger partial charge is 0.503 e. The van der Waals surface area contributed by atoms with Gasteiger partial charge in [-0.2, -0.15) is 0 Å². The van der Waals surface area contributed by atoms with Crippen LogP contribution in [0.5, 0.6) is 23.0 Å². The second-order valence-corrected chi connectivity index (χ2v) is 3.47. The first kappa shape index (κ1) is 9.19. The van der Waals surface area contributed by atoms with Crippen LogP contribution in [-0.4, -0.2) is 22.9 Å². The van der Waals surface area contributed by atoms with Gasteiger partial charge in [-0.3, -0.25) is 11.5 Å². The SMILES string of the molecule is NC1Nc2c(O)c3c(c(O)c2O1)NC(N)O3. The van der Waals surface area contributed by atoms with Crippen LogP contribution >= 0.6 is 0 Å². The van der Waals surface area contributed by atoms with Crippen molar-refractivity contribution in [2.45, 2.75) is 12.7 Å². The predicted octanol–water partition coefficient (Wildman–Crippen LogP) is -0.809. The van der Waals surface area contributed by atoms with Crippen LogP contribution in [0.15, 0.2) is 0 Å². The molecule has 2 atom stereocenters. The minimum atomic E-state index is -0.817. The molecule has 16 heavy (non-hydrogen) atoms. The van der Waals surface area contributed by atoms with Gasteiger partial charge in [0.25, 0.3) is 0 Å². The van der Waals surface area contributed by atoms with Crippen LogP contribution in [0.4, 0.5) is 11.4 Å². The summed E-state index contributed by atoms with van der Waals surface area (Å²) in [4.78, 5) is 0. The van der Waals surface area contributed by atoms with Gasteiger partial charge in [-0.15, -0.1) is 0 Å². The maximum absolute atomic E-state index is 9.86.